The zero-order chi connectivity index (χ0) is 8.55. The summed E-state index contributed by atoms with van der Waals surface area (Å²) in [4.78, 5) is 7.91. The van der Waals surface area contributed by atoms with Crippen molar-refractivity contribution in [2.75, 3.05) is 5.73 Å². The van der Waals surface area contributed by atoms with Crippen LogP contribution in [0.4, 0.5) is 5.82 Å². The van der Waals surface area contributed by atoms with Gasteiger partial charge in [0.25, 0.3) is 0 Å². The number of aromatic nitrogens is 4. The zero-order valence-electron chi connectivity index (χ0n) is 5.81. The van der Waals surface area contributed by atoms with E-state index in [1.54, 1.807) is 10.3 Å². The van der Waals surface area contributed by atoms with Gasteiger partial charge in [0.05, 0.1) is 20.7 Å². The predicted octanol–water partition coefficient (Wildman–Crippen LogP) is 1.25. The van der Waals surface area contributed by atoms with Crippen LogP contribution in [0.15, 0.2) is 12.5 Å². The van der Waals surface area contributed by atoms with E-state index in [1.165, 1.54) is 15.4 Å². The number of hydrogen-bond donors (Lipinski definition) is 1. The molecule has 0 bridgehead atoms. The Labute approximate surface area is 84.5 Å². The van der Waals surface area contributed by atoms with Crippen molar-refractivity contribution >= 4 is 47.2 Å². The van der Waals surface area contributed by atoms with Gasteiger partial charge < -0.3 is 5.73 Å². The summed E-state index contributed by atoms with van der Waals surface area (Å²) >= 11 is 2.13. The molecule has 0 aliphatic carbocycles. The number of anilines is 1. The second-order valence-corrected chi connectivity index (χ2v) is 3.75. The van der Waals surface area contributed by atoms with Gasteiger partial charge in [-0.05, 0) is 0 Å². The molecule has 2 heterocycles. The fraction of sp³-hybridized carbons (Fsp3) is 0. The third kappa shape index (κ3) is 1.12. The van der Waals surface area contributed by atoms with Crippen LogP contribution in [0.1, 0.15) is 0 Å². The first-order chi connectivity index (χ1) is 5.83. The molecule has 0 aromatic carbocycles. The summed E-state index contributed by atoms with van der Waals surface area (Å²) < 4.78 is 1.69. The minimum absolute atomic E-state index is 0.469. The van der Waals surface area contributed by atoms with E-state index in [1.807, 2.05) is 0 Å². The molecule has 0 amide bonds. The van der Waals surface area contributed by atoms with Crippen LogP contribution in [-0.4, -0.2) is 19.2 Å². The summed E-state index contributed by atoms with van der Waals surface area (Å²) in [5, 5.41) is 4.86. The highest BCUT2D eigenvalue weighted by Crippen LogP contribution is 2.22. The third-order valence-electron chi connectivity index (χ3n) is 1.43. The largest absolute Gasteiger partial charge is 0.383 e. The van der Waals surface area contributed by atoms with Crippen molar-refractivity contribution in [1.82, 2.24) is 19.2 Å². The monoisotopic (exact) mass is 293 g/mol. The molecule has 5 nitrogen and oxygen atoms in total. The average Bonchev–Trinajstić information content (AvgIpc) is 2.49. The Hall–Kier alpha value is -0.570. The maximum absolute atomic E-state index is 5.61. The Morgan fingerprint density at radius 1 is 1.50 bits per heavy atom. The number of rotatable bonds is 1. The first-order valence-corrected chi connectivity index (χ1v) is 6.38. The molecule has 0 saturated heterocycles. The van der Waals surface area contributed by atoms with E-state index in [9.17, 15) is 0 Å². The van der Waals surface area contributed by atoms with Crippen LogP contribution in [0, 0.1) is 0 Å². The van der Waals surface area contributed by atoms with Gasteiger partial charge in [0.1, 0.15) is 12.1 Å². The molecule has 2 rings (SSSR count). The van der Waals surface area contributed by atoms with Crippen LogP contribution in [0.3, 0.4) is 0 Å². The number of hydrogen-bond acceptors (Lipinski definition) is 5. The molecule has 7 heteroatoms. The second kappa shape index (κ2) is 3.05. The average molecular weight is 293 g/mol. The minimum atomic E-state index is 0.469. The molecule has 0 atom stereocenters. The van der Waals surface area contributed by atoms with Gasteiger partial charge in [-0.25, -0.2) is 9.97 Å². The molecule has 0 spiro atoms. The molecule has 0 fully saturated rings. The van der Waals surface area contributed by atoms with E-state index in [0.29, 0.717) is 5.82 Å². The minimum Gasteiger partial charge on any atom is -0.383 e. The summed E-state index contributed by atoms with van der Waals surface area (Å²) in [7, 11) is 1.44. The number of nitrogens with two attached hydrogens (primary N) is 1. The molecular formula is C5H4IN5S. The van der Waals surface area contributed by atoms with E-state index in [4.69, 9.17) is 5.73 Å². The van der Waals surface area contributed by atoms with Gasteiger partial charge in [0.15, 0.2) is 5.65 Å². The van der Waals surface area contributed by atoms with Gasteiger partial charge in [-0.15, -0.1) is 0 Å². The lowest BCUT2D eigenvalue weighted by Gasteiger charge is -1.94. The highest BCUT2D eigenvalue weighted by Gasteiger charge is 2.05. The lowest BCUT2D eigenvalue weighted by Crippen LogP contribution is -1.93. The van der Waals surface area contributed by atoms with E-state index in [0.717, 1.165) is 11.0 Å². The lowest BCUT2D eigenvalue weighted by atomic mass is 10.4. The number of halogens is 1. The molecule has 2 N–H and O–H groups in total. The van der Waals surface area contributed by atoms with Gasteiger partial charge in [0, 0.05) is 21.2 Å². The van der Waals surface area contributed by atoms with Gasteiger partial charge in [-0.3, -0.25) is 0 Å². The Kier molecular flexibility index (Phi) is 2.05. The van der Waals surface area contributed by atoms with Crippen molar-refractivity contribution in [3.8, 4) is 0 Å². The molecule has 62 valence electrons. The standard InChI is InChI=1S/C5H4IN5S/c6-12-11-5-3(1-10-11)4(7)8-2-9-5/h1-2H,(H2,7,8,9). The van der Waals surface area contributed by atoms with Crippen molar-refractivity contribution in [2.45, 2.75) is 0 Å². The molecule has 2 aromatic heterocycles. The van der Waals surface area contributed by atoms with Gasteiger partial charge in [-0.1, -0.05) is 0 Å². The Bertz CT molecular complexity index is 413. The molecule has 0 aliphatic rings. The third-order valence-corrected chi connectivity index (χ3v) is 2.95. The van der Waals surface area contributed by atoms with Crippen LogP contribution in [0.2, 0.25) is 0 Å². The van der Waals surface area contributed by atoms with Gasteiger partial charge in [-0.2, -0.15) is 9.19 Å². The lowest BCUT2D eigenvalue weighted by molar-refractivity contribution is 1.03. The topological polar surface area (TPSA) is 69.6 Å². The van der Waals surface area contributed by atoms with E-state index in [-0.39, 0.29) is 0 Å². The molecular weight excluding hydrogens is 289 g/mol. The summed E-state index contributed by atoms with van der Waals surface area (Å²) in [5.74, 6) is 0.469. The fourth-order valence-electron chi connectivity index (χ4n) is 0.891. The molecule has 0 radical (unpaired) electrons. The SMILES string of the molecule is Nc1ncnc2c1cnn2SI. The first kappa shape index (κ1) is 8.05. The predicted molar refractivity (Wildman–Crippen MR) is 56.7 cm³/mol. The van der Waals surface area contributed by atoms with Crippen molar-refractivity contribution < 1.29 is 0 Å². The van der Waals surface area contributed by atoms with Crippen molar-refractivity contribution in [3.63, 3.8) is 0 Å². The fourth-order valence-corrected chi connectivity index (χ4v) is 2.05. The summed E-state index contributed by atoms with van der Waals surface area (Å²) in [6.45, 7) is 0. The number of nitrogens with zero attached hydrogens (tertiary/aromatic N) is 4. The van der Waals surface area contributed by atoms with E-state index >= 15 is 0 Å². The van der Waals surface area contributed by atoms with Crippen LogP contribution >= 0.6 is 30.3 Å². The highest BCUT2D eigenvalue weighted by molar-refractivity contribution is 14.2. The summed E-state index contributed by atoms with van der Waals surface area (Å²) in [5.41, 5.74) is 6.36. The number of nitrogen functional groups attached to an aromatic ring is 1. The Morgan fingerprint density at radius 2 is 2.33 bits per heavy atom. The van der Waals surface area contributed by atoms with Crippen molar-refractivity contribution in [1.29, 1.82) is 0 Å². The van der Waals surface area contributed by atoms with E-state index in [2.05, 4.69) is 36.3 Å². The smallest absolute Gasteiger partial charge is 0.175 e. The number of fused-ring (bicyclic) bond motifs is 1. The van der Waals surface area contributed by atoms with Crippen LogP contribution in [0.25, 0.3) is 11.0 Å². The summed E-state index contributed by atoms with van der Waals surface area (Å²) in [6, 6.07) is 0. The van der Waals surface area contributed by atoms with Crippen LogP contribution in [-0.2, 0) is 0 Å². The molecule has 0 saturated carbocycles. The molecule has 12 heavy (non-hydrogen) atoms. The maximum Gasteiger partial charge on any atom is 0.175 e. The Morgan fingerprint density at radius 3 is 3.08 bits per heavy atom. The molecule has 2 aromatic rings. The Balaban J connectivity index is 2.80. The van der Waals surface area contributed by atoms with Crippen LogP contribution in [0.5, 0.6) is 0 Å². The van der Waals surface area contributed by atoms with E-state index < -0.39 is 0 Å². The normalized spacial score (nSPS) is 10.8. The summed E-state index contributed by atoms with van der Waals surface area (Å²) in [6.07, 6.45) is 3.10. The van der Waals surface area contributed by atoms with Gasteiger partial charge in [0.2, 0.25) is 0 Å². The maximum atomic E-state index is 5.61. The first-order valence-electron chi connectivity index (χ1n) is 3.06. The van der Waals surface area contributed by atoms with Gasteiger partial charge >= 0.3 is 0 Å². The van der Waals surface area contributed by atoms with Crippen molar-refractivity contribution in [3.05, 3.63) is 12.5 Å². The molecule has 0 aliphatic heterocycles. The quantitative estimate of drug-likeness (QED) is 0.801. The van der Waals surface area contributed by atoms with Crippen LogP contribution < -0.4 is 5.73 Å². The zero-order valence-corrected chi connectivity index (χ0v) is 8.78. The molecule has 0 unspecified atom stereocenters. The van der Waals surface area contributed by atoms with Crippen molar-refractivity contribution in [2.24, 2.45) is 0 Å². The second-order valence-electron chi connectivity index (χ2n) is 2.08. The highest BCUT2D eigenvalue weighted by atomic mass is 127.